The van der Waals surface area contributed by atoms with Crippen LogP contribution in [-0.2, 0) is 6.54 Å². The standard InChI is InChI=1S/C22H19FN4O/c23-14-1-4-20-16(9-14)18-11-26-7-5-13(6-8-26)21(18)27(20)15-2-3-19-17(10-15)22(28)25-12-24-19/h1-4,9-10,12-13H,5-8,11H2,(H,24,25,28). The zero-order valence-corrected chi connectivity index (χ0v) is 15.3. The Labute approximate surface area is 161 Å². The Morgan fingerprint density at radius 3 is 2.71 bits per heavy atom. The quantitative estimate of drug-likeness (QED) is 0.545. The highest BCUT2D eigenvalue weighted by Crippen LogP contribution is 2.43. The summed E-state index contributed by atoms with van der Waals surface area (Å²) in [6.07, 6.45) is 3.60. The molecule has 0 radical (unpaired) electrons. The van der Waals surface area contributed by atoms with Crippen LogP contribution < -0.4 is 0 Å². The lowest BCUT2D eigenvalue weighted by molar-refractivity contribution is 0.220. The van der Waals surface area contributed by atoms with Gasteiger partial charge >= 0.3 is 0 Å². The van der Waals surface area contributed by atoms with Crippen LogP contribution in [0, 0.1) is 5.82 Å². The Kier molecular flexibility index (Phi) is 3.29. The van der Waals surface area contributed by atoms with Crippen molar-refractivity contribution in [3.05, 3.63) is 59.8 Å². The molecule has 0 spiro atoms. The van der Waals surface area contributed by atoms with Crippen molar-refractivity contribution < 1.29 is 9.50 Å². The molecule has 3 aliphatic rings. The Morgan fingerprint density at radius 1 is 1.00 bits per heavy atom. The van der Waals surface area contributed by atoms with Crippen molar-refractivity contribution in [2.24, 2.45) is 0 Å². The van der Waals surface area contributed by atoms with Gasteiger partial charge in [-0.2, -0.15) is 0 Å². The second-order valence-electron chi connectivity index (χ2n) is 7.81. The van der Waals surface area contributed by atoms with E-state index in [2.05, 4.69) is 19.4 Å². The summed E-state index contributed by atoms with van der Waals surface area (Å²) < 4.78 is 16.4. The summed E-state index contributed by atoms with van der Waals surface area (Å²) in [5.74, 6) is 0.233. The fraction of sp³-hybridized carbons (Fsp3) is 0.273. The molecule has 4 aromatic rings. The first-order chi connectivity index (χ1) is 13.7. The van der Waals surface area contributed by atoms with Gasteiger partial charge < -0.3 is 9.67 Å². The molecule has 0 saturated carbocycles. The van der Waals surface area contributed by atoms with Crippen molar-refractivity contribution in [3.63, 3.8) is 0 Å². The van der Waals surface area contributed by atoms with Gasteiger partial charge in [-0.25, -0.2) is 14.4 Å². The second-order valence-corrected chi connectivity index (χ2v) is 7.81. The van der Waals surface area contributed by atoms with Crippen LogP contribution in [0.4, 0.5) is 4.39 Å². The zero-order valence-electron chi connectivity index (χ0n) is 15.3. The van der Waals surface area contributed by atoms with Crippen LogP contribution in [0.15, 0.2) is 42.7 Å². The molecular formula is C22H19FN4O. The molecule has 2 aromatic carbocycles. The minimum absolute atomic E-state index is 0.0208. The van der Waals surface area contributed by atoms with E-state index >= 15 is 0 Å². The van der Waals surface area contributed by atoms with Crippen LogP contribution in [0.1, 0.15) is 30.0 Å². The number of aromatic hydroxyl groups is 1. The summed E-state index contributed by atoms with van der Waals surface area (Å²) in [6.45, 7) is 3.03. The van der Waals surface area contributed by atoms with E-state index in [4.69, 9.17) is 0 Å². The highest BCUT2D eigenvalue weighted by atomic mass is 19.1. The molecule has 3 aliphatic heterocycles. The Balaban J connectivity index is 1.70. The van der Waals surface area contributed by atoms with Gasteiger partial charge in [-0.3, -0.25) is 4.90 Å². The van der Waals surface area contributed by atoms with Crippen molar-refractivity contribution in [2.45, 2.75) is 25.3 Å². The fourth-order valence-electron chi connectivity index (χ4n) is 4.98. The topological polar surface area (TPSA) is 54.2 Å². The number of rotatable bonds is 1. The van der Waals surface area contributed by atoms with Crippen LogP contribution in [0.3, 0.4) is 0 Å². The molecule has 7 rings (SSSR count). The highest BCUT2D eigenvalue weighted by molar-refractivity contribution is 5.90. The maximum absolute atomic E-state index is 14.1. The molecule has 1 N–H and O–H groups in total. The Morgan fingerprint density at radius 2 is 1.86 bits per heavy atom. The number of hydrogen-bond donors (Lipinski definition) is 1. The number of piperidine rings is 1. The van der Waals surface area contributed by atoms with Gasteiger partial charge in [0.25, 0.3) is 0 Å². The van der Waals surface area contributed by atoms with Crippen molar-refractivity contribution in [3.8, 4) is 11.6 Å². The van der Waals surface area contributed by atoms with E-state index in [0.29, 0.717) is 16.8 Å². The normalized spacial score (nSPS) is 21.2. The van der Waals surface area contributed by atoms with Gasteiger partial charge in [0, 0.05) is 29.2 Å². The third-order valence-electron chi connectivity index (χ3n) is 6.29. The van der Waals surface area contributed by atoms with E-state index in [9.17, 15) is 9.50 Å². The first-order valence-electron chi connectivity index (χ1n) is 9.68. The van der Waals surface area contributed by atoms with Crippen LogP contribution in [0.2, 0.25) is 0 Å². The monoisotopic (exact) mass is 374 g/mol. The van der Waals surface area contributed by atoms with Crippen molar-refractivity contribution >= 4 is 21.8 Å². The van der Waals surface area contributed by atoms with Crippen molar-refractivity contribution in [1.29, 1.82) is 0 Å². The smallest absolute Gasteiger partial charge is 0.222 e. The van der Waals surface area contributed by atoms with Gasteiger partial charge in [-0.15, -0.1) is 0 Å². The lowest BCUT2D eigenvalue weighted by Crippen LogP contribution is -2.29. The average Bonchev–Trinajstić information content (AvgIpc) is 2.83. The van der Waals surface area contributed by atoms with Crippen LogP contribution >= 0.6 is 0 Å². The maximum atomic E-state index is 14.1. The van der Waals surface area contributed by atoms with E-state index in [1.54, 1.807) is 6.07 Å². The van der Waals surface area contributed by atoms with E-state index < -0.39 is 0 Å². The predicted octanol–water partition coefficient (Wildman–Crippen LogP) is 4.11. The molecule has 5 heterocycles. The third kappa shape index (κ3) is 2.21. The summed E-state index contributed by atoms with van der Waals surface area (Å²) in [4.78, 5) is 10.6. The number of halogens is 1. The highest BCUT2D eigenvalue weighted by Gasteiger charge is 2.33. The fourth-order valence-corrected chi connectivity index (χ4v) is 4.98. The van der Waals surface area contributed by atoms with Crippen molar-refractivity contribution in [2.75, 3.05) is 13.1 Å². The molecule has 28 heavy (non-hydrogen) atoms. The molecule has 5 nitrogen and oxygen atoms in total. The molecule has 0 aliphatic carbocycles. The predicted molar refractivity (Wildman–Crippen MR) is 105 cm³/mol. The molecule has 0 unspecified atom stereocenters. The van der Waals surface area contributed by atoms with Gasteiger partial charge in [0.15, 0.2) is 0 Å². The molecule has 1 fully saturated rings. The van der Waals surface area contributed by atoms with Gasteiger partial charge in [0.05, 0.1) is 16.4 Å². The molecule has 2 aromatic heterocycles. The van der Waals surface area contributed by atoms with E-state index in [-0.39, 0.29) is 11.7 Å². The molecule has 140 valence electrons. The van der Waals surface area contributed by atoms with Gasteiger partial charge in [-0.1, -0.05) is 0 Å². The number of fused-ring (bicyclic) bond motifs is 4. The lowest BCUT2D eigenvalue weighted by Gasteiger charge is -2.27. The summed E-state index contributed by atoms with van der Waals surface area (Å²) in [7, 11) is 0. The molecule has 0 atom stereocenters. The first kappa shape index (κ1) is 16.0. The van der Waals surface area contributed by atoms with E-state index in [1.807, 2.05) is 24.3 Å². The van der Waals surface area contributed by atoms with Crippen molar-refractivity contribution in [1.82, 2.24) is 19.4 Å². The van der Waals surface area contributed by atoms with Crippen LogP contribution in [0.25, 0.3) is 27.5 Å². The minimum atomic E-state index is -0.205. The molecule has 2 bridgehead atoms. The second kappa shape index (κ2) is 5.75. The molecule has 6 heteroatoms. The Bertz CT molecular complexity index is 1240. The van der Waals surface area contributed by atoms with Gasteiger partial charge in [0.1, 0.15) is 12.1 Å². The third-order valence-corrected chi connectivity index (χ3v) is 6.29. The minimum Gasteiger partial charge on any atom is -0.493 e. The van der Waals surface area contributed by atoms with Crippen LogP contribution in [-0.4, -0.2) is 37.6 Å². The number of benzene rings is 2. The lowest BCUT2D eigenvalue weighted by atomic mass is 9.94. The number of aromatic nitrogens is 3. The summed E-state index contributed by atoms with van der Waals surface area (Å²) in [5.41, 5.74) is 5.20. The van der Waals surface area contributed by atoms with Crippen LogP contribution in [0.5, 0.6) is 5.88 Å². The molecule has 1 saturated heterocycles. The van der Waals surface area contributed by atoms with Gasteiger partial charge in [0.2, 0.25) is 5.88 Å². The SMILES string of the molecule is Oc1ncnc2ccc(-n3c4c(c5cc(F)ccc53)CN3CCC4CC3)cc12. The summed E-state index contributed by atoms with van der Waals surface area (Å²) in [5, 5.41) is 11.8. The maximum Gasteiger partial charge on any atom is 0.222 e. The van der Waals surface area contributed by atoms with E-state index in [0.717, 1.165) is 49.1 Å². The molecular weight excluding hydrogens is 355 g/mol. The number of hydrogen-bond acceptors (Lipinski definition) is 4. The number of nitrogens with zero attached hydrogens (tertiary/aromatic N) is 4. The Hall–Kier alpha value is -2.99. The van der Waals surface area contributed by atoms with Gasteiger partial charge in [-0.05, 0) is 67.9 Å². The summed E-state index contributed by atoms with van der Waals surface area (Å²) in [6, 6.07) is 10.9. The average molecular weight is 374 g/mol. The zero-order chi connectivity index (χ0) is 18.8. The summed E-state index contributed by atoms with van der Waals surface area (Å²) >= 11 is 0. The first-order valence-corrected chi connectivity index (χ1v) is 9.68. The molecule has 0 amide bonds. The van der Waals surface area contributed by atoms with E-state index in [1.165, 1.54) is 23.7 Å². The largest absolute Gasteiger partial charge is 0.493 e.